The van der Waals surface area contributed by atoms with Crippen molar-refractivity contribution in [1.82, 2.24) is 20.4 Å². The molecule has 0 atom stereocenters. The van der Waals surface area contributed by atoms with Crippen LogP contribution in [0.25, 0.3) is 0 Å². The van der Waals surface area contributed by atoms with Crippen LogP contribution >= 0.6 is 24.0 Å². The second kappa shape index (κ2) is 13.3. The van der Waals surface area contributed by atoms with Gasteiger partial charge in [-0.15, -0.1) is 24.0 Å². The van der Waals surface area contributed by atoms with Crippen LogP contribution in [-0.4, -0.2) is 79.7 Å². The molecule has 9 heteroatoms. The number of aliphatic imine (C=N–C) groups is 1. The van der Waals surface area contributed by atoms with Crippen LogP contribution in [0.3, 0.4) is 0 Å². The first-order chi connectivity index (χ1) is 13.9. The van der Waals surface area contributed by atoms with Crippen molar-refractivity contribution in [3.8, 4) is 0 Å². The Morgan fingerprint density at radius 3 is 2.13 bits per heavy atom. The number of carbonyl (C=O) groups is 2. The summed E-state index contributed by atoms with van der Waals surface area (Å²) in [7, 11) is 1.77. The number of carbonyl (C=O) groups excluding carboxylic acids is 2. The van der Waals surface area contributed by atoms with Gasteiger partial charge in [-0.3, -0.25) is 9.79 Å². The van der Waals surface area contributed by atoms with Gasteiger partial charge >= 0.3 is 6.09 Å². The molecule has 0 radical (unpaired) electrons. The summed E-state index contributed by atoms with van der Waals surface area (Å²) in [6, 6.07) is 0. The molecule has 1 saturated heterocycles. The van der Waals surface area contributed by atoms with Crippen LogP contribution in [0.15, 0.2) is 4.99 Å². The molecule has 8 nitrogen and oxygen atoms in total. The highest BCUT2D eigenvalue weighted by atomic mass is 127. The zero-order valence-electron chi connectivity index (χ0n) is 20.7. The smallest absolute Gasteiger partial charge is 0.410 e. The largest absolute Gasteiger partial charge is 0.444 e. The minimum atomic E-state index is -0.515. The highest BCUT2D eigenvalue weighted by Gasteiger charge is 2.30. The quantitative estimate of drug-likeness (QED) is 0.287. The second-order valence-electron chi connectivity index (χ2n) is 9.59. The van der Waals surface area contributed by atoms with E-state index in [1.807, 2.05) is 48.5 Å². The number of rotatable bonds is 7. The number of nitrogens with one attached hydrogen (secondary N) is 2. The van der Waals surface area contributed by atoms with Gasteiger partial charge in [0.25, 0.3) is 0 Å². The first-order valence-electron chi connectivity index (χ1n) is 11.1. The van der Waals surface area contributed by atoms with E-state index < -0.39 is 11.0 Å². The topological polar surface area (TPSA) is 86.3 Å². The number of hydrogen-bond donors (Lipinski definition) is 2. The van der Waals surface area contributed by atoms with E-state index >= 15 is 0 Å². The monoisotopic (exact) mass is 553 g/mol. The molecule has 182 valence electrons. The van der Waals surface area contributed by atoms with Crippen molar-refractivity contribution >= 4 is 41.9 Å². The lowest BCUT2D eigenvalue weighted by Crippen LogP contribution is -2.51. The van der Waals surface area contributed by atoms with E-state index in [4.69, 9.17) is 4.74 Å². The Bertz CT molecular complexity index is 596. The van der Waals surface area contributed by atoms with Crippen LogP contribution in [0.1, 0.15) is 61.3 Å². The third-order valence-corrected chi connectivity index (χ3v) is 5.28. The van der Waals surface area contributed by atoms with E-state index in [2.05, 4.69) is 20.5 Å². The molecule has 1 aliphatic rings. The molecule has 0 spiro atoms. The summed E-state index contributed by atoms with van der Waals surface area (Å²) in [5, 5.41) is 6.24. The van der Waals surface area contributed by atoms with Gasteiger partial charge in [-0.1, -0.05) is 0 Å². The minimum absolute atomic E-state index is 0. The van der Waals surface area contributed by atoms with Crippen LogP contribution in [0.2, 0.25) is 0 Å². The number of piperidine rings is 1. The average Bonchev–Trinajstić information content (AvgIpc) is 2.66. The Hall–Kier alpha value is -1.26. The molecule has 0 aromatic rings. The number of guanidine groups is 1. The summed E-state index contributed by atoms with van der Waals surface area (Å²) in [6.45, 7) is 17.7. The highest BCUT2D eigenvalue weighted by Crippen LogP contribution is 2.20. The van der Waals surface area contributed by atoms with E-state index in [1.54, 1.807) is 11.9 Å². The molecule has 0 aromatic heterocycles. The fourth-order valence-electron chi connectivity index (χ4n) is 3.41. The van der Waals surface area contributed by atoms with Gasteiger partial charge in [0, 0.05) is 46.3 Å². The standard InChI is InChI=1S/C22H43N5O3.HI/c1-9-24-18(28)22(6,7)16-25-19(23-8)27-13-11-17(12-14-27)15-26(10-2)20(29)30-21(3,4)5;/h17H,9-16H2,1-8H3,(H,23,25)(H,24,28);1H. The Morgan fingerprint density at radius 2 is 1.68 bits per heavy atom. The van der Waals surface area contributed by atoms with Crippen molar-refractivity contribution in [2.45, 2.75) is 66.9 Å². The third-order valence-electron chi connectivity index (χ3n) is 5.28. The van der Waals surface area contributed by atoms with Gasteiger partial charge in [-0.25, -0.2) is 4.79 Å². The van der Waals surface area contributed by atoms with Crippen LogP contribution in [0, 0.1) is 11.3 Å². The summed E-state index contributed by atoms with van der Waals surface area (Å²) in [5.41, 5.74) is -0.993. The molecule has 1 heterocycles. The molecule has 1 rings (SSSR count). The molecule has 0 aromatic carbocycles. The van der Waals surface area contributed by atoms with E-state index in [1.165, 1.54) is 0 Å². The van der Waals surface area contributed by atoms with E-state index in [0.29, 0.717) is 25.6 Å². The number of amides is 2. The Labute approximate surface area is 205 Å². The van der Waals surface area contributed by atoms with Crippen LogP contribution < -0.4 is 10.6 Å². The molecule has 1 aliphatic heterocycles. The molecule has 0 aliphatic carbocycles. The summed E-state index contributed by atoms with van der Waals surface area (Å²) in [6.07, 6.45) is 1.73. The predicted octanol–water partition coefficient (Wildman–Crippen LogP) is 3.31. The van der Waals surface area contributed by atoms with Gasteiger partial charge < -0.3 is 25.2 Å². The van der Waals surface area contributed by atoms with Gasteiger partial charge in [0.2, 0.25) is 5.91 Å². The molecule has 0 unspecified atom stereocenters. The van der Waals surface area contributed by atoms with Crippen LogP contribution in [0.5, 0.6) is 0 Å². The fourth-order valence-corrected chi connectivity index (χ4v) is 3.41. The summed E-state index contributed by atoms with van der Waals surface area (Å²) < 4.78 is 5.52. The normalized spacial score (nSPS) is 15.7. The van der Waals surface area contributed by atoms with Crippen molar-refractivity contribution in [2.75, 3.05) is 46.3 Å². The Kier molecular flexibility index (Phi) is 12.8. The van der Waals surface area contributed by atoms with Gasteiger partial charge in [-0.05, 0) is 67.2 Å². The lowest BCUT2D eigenvalue weighted by molar-refractivity contribution is -0.128. The molecule has 0 bridgehead atoms. The zero-order chi connectivity index (χ0) is 22.9. The number of nitrogens with zero attached hydrogens (tertiary/aromatic N) is 3. The highest BCUT2D eigenvalue weighted by molar-refractivity contribution is 14.0. The molecular weight excluding hydrogens is 509 g/mol. The molecule has 1 fully saturated rings. The van der Waals surface area contributed by atoms with E-state index in [0.717, 1.165) is 38.4 Å². The first-order valence-corrected chi connectivity index (χ1v) is 11.1. The number of likely N-dealkylation sites (tertiary alicyclic amines) is 1. The van der Waals surface area contributed by atoms with Gasteiger partial charge in [-0.2, -0.15) is 0 Å². The van der Waals surface area contributed by atoms with E-state index in [-0.39, 0.29) is 36.0 Å². The van der Waals surface area contributed by atoms with Crippen molar-refractivity contribution in [3.63, 3.8) is 0 Å². The number of ether oxygens (including phenoxy) is 1. The van der Waals surface area contributed by atoms with Gasteiger partial charge in [0.15, 0.2) is 5.96 Å². The van der Waals surface area contributed by atoms with Gasteiger partial charge in [0.1, 0.15) is 5.60 Å². The maximum absolute atomic E-state index is 12.4. The lowest BCUT2D eigenvalue weighted by Gasteiger charge is -2.37. The van der Waals surface area contributed by atoms with Crippen LogP contribution in [0.4, 0.5) is 4.79 Å². The molecule has 0 saturated carbocycles. The number of halogens is 1. The zero-order valence-corrected chi connectivity index (χ0v) is 23.0. The predicted molar refractivity (Wildman–Crippen MR) is 137 cm³/mol. The lowest BCUT2D eigenvalue weighted by atomic mass is 9.92. The molecular formula is C22H44IN5O3. The van der Waals surface area contributed by atoms with Gasteiger partial charge in [0.05, 0.1) is 5.41 Å². The first kappa shape index (κ1) is 29.7. The van der Waals surface area contributed by atoms with Crippen molar-refractivity contribution in [3.05, 3.63) is 0 Å². The Morgan fingerprint density at radius 1 is 1.10 bits per heavy atom. The summed E-state index contributed by atoms with van der Waals surface area (Å²) in [4.78, 5) is 33.0. The third kappa shape index (κ3) is 10.3. The van der Waals surface area contributed by atoms with Crippen LogP contribution in [-0.2, 0) is 9.53 Å². The average molecular weight is 554 g/mol. The fraction of sp³-hybridized carbons (Fsp3) is 0.864. The number of hydrogen-bond acceptors (Lipinski definition) is 4. The van der Waals surface area contributed by atoms with Crippen molar-refractivity contribution < 1.29 is 14.3 Å². The summed E-state index contributed by atoms with van der Waals surface area (Å²) >= 11 is 0. The molecule has 2 amide bonds. The van der Waals surface area contributed by atoms with E-state index in [9.17, 15) is 9.59 Å². The molecule has 2 N–H and O–H groups in total. The maximum Gasteiger partial charge on any atom is 0.410 e. The van der Waals surface area contributed by atoms with Crippen molar-refractivity contribution in [2.24, 2.45) is 16.3 Å². The molecule has 31 heavy (non-hydrogen) atoms. The SMILES string of the molecule is CCNC(=O)C(C)(C)CNC(=NC)N1CCC(CN(CC)C(=O)OC(C)(C)C)CC1.I. The second-order valence-corrected chi connectivity index (χ2v) is 9.59. The minimum Gasteiger partial charge on any atom is -0.444 e. The van der Waals surface area contributed by atoms with Crippen molar-refractivity contribution in [1.29, 1.82) is 0 Å². The Balaban J connectivity index is 0.00000900. The maximum atomic E-state index is 12.4. The summed E-state index contributed by atoms with van der Waals surface area (Å²) in [5.74, 6) is 1.30.